The zero-order valence-electron chi connectivity index (χ0n) is 5.04. The fourth-order valence-electron chi connectivity index (χ4n) is 0.635. The number of halogens is 1. The quantitative estimate of drug-likeness (QED) is 0.592. The number of hydrogen-bond acceptors (Lipinski definition) is 1. The fourth-order valence-corrected chi connectivity index (χ4v) is 3.33. The molecule has 54 valence electrons. The SMILES string of the molecule is O=[AsH](O)c1ccccc1I. The van der Waals surface area contributed by atoms with E-state index < -0.39 is 14.9 Å². The van der Waals surface area contributed by atoms with Crippen LogP contribution in [0, 0.1) is 3.57 Å². The summed E-state index contributed by atoms with van der Waals surface area (Å²) in [5.74, 6) is 0. The standard InChI is InChI=1S/C6H6AsIO2/c8-6-4-2-1-3-5(6)7(9)10/h1-4,7H,(H,9,10). The summed E-state index contributed by atoms with van der Waals surface area (Å²) in [6, 6.07) is 7.16. The predicted octanol–water partition coefficient (Wildman–Crippen LogP) is 0.141. The molecule has 4 heteroatoms. The van der Waals surface area contributed by atoms with Gasteiger partial charge in [0.2, 0.25) is 0 Å². The minimum absolute atomic E-state index is 0.614. The minimum atomic E-state index is -3.07. The van der Waals surface area contributed by atoms with Gasteiger partial charge in [0.15, 0.2) is 0 Å². The van der Waals surface area contributed by atoms with E-state index in [1.165, 1.54) is 0 Å². The van der Waals surface area contributed by atoms with Crippen molar-refractivity contribution < 1.29 is 7.84 Å². The zero-order chi connectivity index (χ0) is 7.56. The first-order chi connectivity index (χ1) is 4.72. The van der Waals surface area contributed by atoms with E-state index in [1.807, 2.05) is 12.1 Å². The molecule has 0 aliphatic heterocycles. The molecule has 0 saturated carbocycles. The number of rotatable bonds is 1. The molecule has 0 bridgehead atoms. The summed E-state index contributed by atoms with van der Waals surface area (Å²) in [5, 5.41) is 0. The van der Waals surface area contributed by atoms with Crippen LogP contribution in [0.25, 0.3) is 0 Å². The van der Waals surface area contributed by atoms with Crippen LogP contribution in [0.15, 0.2) is 24.3 Å². The maximum atomic E-state index is 10.7. The Kier molecular flexibility index (Phi) is 3.01. The van der Waals surface area contributed by atoms with Crippen molar-refractivity contribution in [1.29, 1.82) is 0 Å². The second kappa shape index (κ2) is 3.60. The van der Waals surface area contributed by atoms with Gasteiger partial charge in [-0.2, -0.15) is 0 Å². The van der Waals surface area contributed by atoms with Crippen LogP contribution in [0.1, 0.15) is 0 Å². The Balaban J connectivity index is 3.15. The Morgan fingerprint density at radius 2 is 2.00 bits per heavy atom. The van der Waals surface area contributed by atoms with Crippen LogP contribution in [0.3, 0.4) is 0 Å². The van der Waals surface area contributed by atoms with Crippen molar-refractivity contribution in [1.82, 2.24) is 0 Å². The van der Waals surface area contributed by atoms with Crippen molar-refractivity contribution in [3.8, 4) is 0 Å². The van der Waals surface area contributed by atoms with Crippen molar-refractivity contribution in [3.63, 3.8) is 0 Å². The van der Waals surface area contributed by atoms with Crippen LogP contribution in [0.5, 0.6) is 0 Å². The van der Waals surface area contributed by atoms with E-state index >= 15 is 0 Å². The van der Waals surface area contributed by atoms with E-state index in [0.717, 1.165) is 3.57 Å². The van der Waals surface area contributed by atoms with Gasteiger partial charge >= 0.3 is 77.5 Å². The van der Waals surface area contributed by atoms with Crippen molar-refractivity contribution in [3.05, 3.63) is 27.8 Å². The monoisotopic (exact) mass is 312 g/mol. The molecule has 1 aromatic rings. The van der Waals surface area contributed by atoms with Gasteiger partial charge in [-0.05, 0) is 0 Å². The number of benzene rings is 1. The van der Waals surface area contributed by atoms with Gasteiger partial charge in [0.1, 0.15) is 0 Å². The third kappa shape index (κ3) is 1.87. The average molecular weight is 312 g/mol. The molecule has 0 amide bonds. The van der Waals surface area contributed by atoms with E-state index in [1.54, 1.807) is 12.1 Å². The van der Waals surface area contributed by atoms with Gasteiger partial charge in [0.25, 0.3) is 0 Å². The first kappa shape index (κ1) is 8.37. The maximum absolute atomic E-state index is 10.7. The second-order valence-electron chi connectivity index (χ2n) is 1.78. The van der Waals surface area contributed by atoms with Gasteiger partial charge < -0.3 is 0 Å². The van der Waals surface area contributed by atoms with Gasteiger partial charge in [-0.15, -0.1) is 0 Å². The summed E-state index contributed by atoms with van der Waals surface area (Å²) in [6.07, 6.45) is 0. The summed E-state index contributed by atoms with van der Waals surface area (Å²) in [6.45, 7) is 0. The molecular weight excluding hydrogens is 306 g/mol. The van der Waals surface area contributed by atoms with Crippen LogP contribution < -0.4 is 4.35 Å². The summed E-state index contributed by atoms with van der Waals surface area (Å²) in [5.41, 5.74) is 0. The van der Waals surface area contributed by atoms with Crippen LogP contribution in [0.2, 0.25) is 0 Å². The molecule has 1 unspecified atom stereocenters. The summed E-state index contributed by atoms with van der Waals surface area (Å²) < 4.78 is 21.0. The van der Waals surface area contributed by atoms with Gasteiger partial charge in [-0.3, -0.25) is 0 Å². The first-order valence-corrected chi connectivity index (χ1v) is 6.62. The van der Waals surface area contributed by atoms with E-state index in [-0.39, 0.29) is 0 Å². The van der Waals surface area contributed by atoms with E-state index in [4.69, 9.17) is 4.10 Å². The van der Waals surface area contributed by atoms with Crippen LogP contribution in [0.4, 0.5) is 0 Å². The number of hydrogen-bond donors (Lipinski definition) is 1. The Labute approximate surface area is 77.2 Å². The Bertz CT molecular complexity index is 262. The second-order valence-corrected chi connectivity index (χ2v) is 5.36. The van der Waals surface area contributed by atoms with Gasteiger partial charge in [-0.1, -0.05) is 0 Å². The molecule has 0 saturated heterocycles. The topological polar surface area (TPSA) is 37.3 Å². The van der Waals surface area contributed by atoms with Crippen LogP contribution in [-0.4, -0.2) is 19.0 Å². The van der Waals surface area contributed by atoms with E-state index in [9.17, 15) is 3.74 Å². The fraction of sp³-hybridized carbons (Fsp3) is 0. The molecule has 1 aromatic carbocycles. The molecule has 0 radical (unpaired) electrons. The normalized spacial score (nSPS) is 13.0. The molecule has 0 aliphatic carbocycles. The molecule has 0 aromatic heterocycles. The molecule has 1 atom stereocenters. The van der Waals surface area contributed by atoms with Gasteiger partial charge in [-0.25, -0.2) is 0 Å². The molecule has 1 N–H and O–H groups in total. The summed E-state index contributed by atoms with van der Waals surface area (Å²) >= 11 is -1.01. The first-order valence-electron chi connectivity index (χ1n) is 2.69. The zero-order valence-corrected chi connectivity index (χ0v) is 9.30. The van der Waals surface area contributed by atoms with E-state index in [2.05, 4.69) is 22.6 Å². The summed E-state index contributed by atoms with van der Waals surface area (Å²) in [7, 11) is 0. The molecule has 0 spiro atoms. The van der Waals surface area contributed by atoms with Gasteiger partial charge in [0.05, 0.1) is 0 Å². The van der Waals surface area contributed by atoms with Crippen LogP contribution >= 0.6 is 22.6 Å². The molecule has 0 fully saturated rings. The van der Waals surface area contributed by atoms with Crippen LogP contribution in [-0.2, 0) is 3.74 Å². The van der Waals surface area contributed by atoms with Crippen molar-refractivity contribution in [2.24, 2.45) is 0 Å². The summed E-state index contributed by atoms with van der Waals surface area (Å²) in [4.78, 5) is 0. The molecule has 10 heavy (non-hydrogen) atoms. The molecular formula is C6H6AsIO2. The molecule has 1 rings (SSSR count). The average Bonchev–Trinajstić information content (AvgIpc) is 1.88. The van der Waals surface area contributed by atoms with Crippen molar-refractivity contribution in [2.45, 2.75) is 0 Å². The third-order valence-corrected chi connectivity index (χ3v) is 4.99. The third-order valence-electron chi connectivity index (χ3n) is 1.10. The van der Waals surface area contributed by atoms with Gasteiger partial charge in [0, 0.05) is 0 Å². The Hall–Kier alpha value is 0.268. The predicted molar refractivity (Wildman–Crippen MR) is 48.8 cm³/mol. The van der Waals surface area contributed by atoms with E-state index in [0.29, 0.717) is 4.35 Å². The molecule has 0 aliphatic rings. The molecule has 0 heterocycles. The van der Waals surface area contributed by atoms with Crippen molar-refractivity contribution >= 4 is 41.9 Å². The Morgan fingerprint density at radius 3 is 2.40 bits per heavy atom. The molecule has 2 nitrogen and oxygen atoms in total. The Morgan fingerprint density at radius 1 is 1.40 bits per heavy atom. The van der Waals surface area contributed by atoms with Crippen molar-refractivity contribution in [2.75, 3.05) is 0 Å².